The van der Waals surface area contributed by atoms with Crippen molar-refractivity contribution >= 4 is 17.8 Å². The van der Waals surface area contributed by atoms with Crippen LogP contribution in [0.3, 0.4) is 0 Å². The zero-order valence-corrected chi connectivity index (χ0v) is 58.8. The van der Waals surface area contributed by atoms with Crippen molar-refractivity contribution in [2.45, 2.75) is 413 Å². The number of aliphatic hydroxyl groups is 11. The van der Waals surface area contributed by atoms with Gasteiger partial charge in [-0.15, -0.1) is 0 Å². The number of ether oxygens (including phenoxy) is 6. The molecule has 18 unspecified atom stereocenters. The van der Waals surface area contributed by atoms with Crippen LogP contribution in [-0.2, 0) is 42.8 Å². The van der Waals surface area contributed by atoms with E-state index in [9.17, 15) is 75.7 Å². The van der Waals surface area contributed by atoms with Gasteiger partial charge in [-0.2, -0.15) is 0 Å². The topological polar surface area (TPSA) is 373 Å². The third kappa shape index (κ3) is 34.3. The molecule has 0 radical (unpaired) electrons. The Morgan fingerprint density at radius 1 is 0.505 bits per heavy atom. The van der Waals surface area contributed by atoms with E-state index in [1.54, 1.807) is 0 Å². The lowest BCUT2D eigenvalue weighted by atomic mass is 9.88. The fraction of sp³-hybridized carbons (Fsp3) is 0.958. The first-order chi connectivity index (χ1) is 45.9. The predicted octanol–water partition coefficient (Wildman–Crippen LogP) is 8.46. The van der Waals surface area contributed by atoms with E-state index in [-0.39, 0.29) is 18.9 Å². The Labute approximate surface area is 569 Å². The monoisotopic (exact) mass is 1360 g/mol. The van der Waals surface area contributed by atoms with Gasteiger partial charge >= 0.3 is 5.97 Å². The molecule has 3 aliphatic heterocycles. The maximum atomic E-state index is 13.5. The largest absolute Gasteiger partial charge is 0.477 e. The molecule has 14 N–H and O–H groups in total. The third-order valence-corrected chi connectivity index (χ3v) is 19.6. The number of aliphatic carboxylic acids is 1. The molecule has 23 nitrogen and oxygen atoms in total. The van der Waals surface area contributed by atoms with Gasteiger partial charge in [0, 0.05) is 19.8 Å². The highest BCUT2D eigenvalue weighted by Gasteiger charge is 2.60. The summed E-state index contributed by atoms with van der Waals surface area (Å²) in [6.07, 6.45) is 22.8. The average Bonchev–Trinajstić information content (AvgIpc) is 0.758. The Kier molecular flexibility index (Phi) is 48.2. The molecule has 0 spiro atoms. The van der Waals surface area contributed by atoms with E-state index in [1.807, 2.05) is 0 Å². The SMILES string of the molecule is CCCCCCCCCCCCCCCCCCCCCCCCCCCCCCCCC(=O)NC(COC1OC(CO)C(OC2OC(CO)C(O)C(OC3(C(=O)O)CC(O)C(NC(C)=O)C(C(O)C(O)CO)O3)C2O)C(O)C1O)C(O)CCCCCCCCCCCCC. The van der Waals surface area contributed by atoms with Gasteiger partial charge in [-0.3, -0.25) is 9.59 Å². The van der Waals surface area contributed by atoms with Crippen LogP contribution in [-0.4, -0.2) is 215 Å². The molecule has 3 aliphatic rings. The molecule has 3 fully saturated rings. The highest BCUT2D eigenvalue weighted by atomic mass is 16.8. The molecule has 560 valence electrons. The summed E-state index contributed by atoms with van der Waals surface area (Å²) in [5.41, 5.74) is 0. The fourth-order valence-corrected chi connectivity index (χ4v) is 13.5. The van der Waals surface area contributed by atoms with Crippen molar-refractivity contribution in [3.8, 4) is 0 Å². The summed E-state index contributed by atoms with van der Waals surface area (Å²) >= 11 is 0. The average molecular weight is 1370 g/mol. The molecule has 0 aromatic carbocycles. The first-order valence-electron chi connectivity index (χ1n) is 37.9. The van der Waals surface area contributed by atoms with Crippen LogP contribution < -0.4 is 10.6 Å². The molecule has 18 atom stereocenters. The van der Waals surface area contributed by atoms with E-state index >= 15 is 0 Å². The zero-order chi connectivity index (χ0) is 69.6. The van der Waals surface area contributed by atoms with Crippen LogP contribution >= 0.6 is 0 Å². The normalized spacial score (nSPS) is 27.7. The second kappa shape index (κ2) is 52.7. The molecular weight excluding hydrogens is 1230 g/mol. The molecule has 3 saturated heterocycles. The second-order valence-corrected chi connectivity index (χ2v) is 27.9. The Hall–Kier alpha value is -2.27. The summed E-state index contributed by atoms with van der Waals surface area (Å²) in [5.74, 6) is -6.09. The van der Waals surface area contributed by atoms with Crippen molar-refractivity contribution in [2.24, 2.45) is 0 Å². The molecule has 0 aliphatic carbocycles. The molecule has 0 aromatic rings. The summed E-state index contributed by atoms with van der Waals surface area (Å²) in [6, 6.07) is -2.52. The van der Waals surface area contributed by atoms with Crippen LogP contribution in [0.2, 0.25) is 0 Å². The van der Waals surface area contributed by atoms with Crippen molar-refractivity contribution < 1.29 is 104 Å². The van der Waals surface area contributed by atoms with Gasteiger partial charge < -0.3 is 100 Å². The first kappa shape index (κ1) is 86.9. The van der Waals surface area contributed by atoms with Gasteiger partial charge in [0.1, 0.15) is 67.1 Å². The molecule has 2 amide bonds. The molecule has 23 heteroatoms. The molecule has 0 bridgehead atoms. The number of carbonyl (C=O) groups is 3. The molecule has 95 heavy (non-hydrogen) atoms. The van der Waals surface area contributed by atoms with Crippen molar-refractivity contribution in [3.63, 3.8) is 0 Å². The number of carboxylic acids is 1. The molecule has 0 aromatic heterocycles. The maximum Gasteiger partial charge on any atom is 0.364 e. The number of hydrogen-bond acceptors (Lipinski definition) is 20. The van der Waals surface area contributed by atoms with Crippen LogP contribution in [0.4, 0.5) is 0 Å². The highest BCUT2D eigenvalue weighted by molar-refractivity contribution is 5.77. The van der Waals surface area contributed by atoms with Gasteiger partial charge in [0.25, 0.3) is 5.79 Å². The summed E-state index contributed by atoms with van der Waals surface area (Å²) in [5, 5.41) is 136. The van der Waals surface area contributed by atoms with Crippen LogP contribution in [0, 0.1) is 0 Å². The van der Waals surface area contributed by atoms with E-state index in [1.165, 1.54) is 205 Å². The number of amides is 2. The van der Waals surface area contributed by atoms with Crippen molar-refractivity contribution in [1.82, 2.24) is 10.6 Å². The minimum atomic E-state index is -3.08. The summed E-state index contributed by atoms with van der Waals surface area (Å²) in [6.45, 7) is 2.22. The van der Waals surface area contributed by atoms with E-state index in [0.29, 0.717) is 19.3 Å². The predicted molar refractivity (Wildman–Crippen MR) is 362 cm³/mol. The quantitative estimate of drug-likeness (QED) is 0.0254. The van der Waals surface area contributed by atoms with Crippen LogP contribution in [0.15, 0.2) is 0 Å². The van der Waals surface area contributed by atoms with E-state index < -0.39 is 148 Å². The Morgan fingerprint density at radius 3 is 1.32 bits per heavy atom. The number of carbonyl (C=O) groups excluding carboxylic acids is 2. The highest BCUT2D eigenvalue weighted by Crippen LogP contribution is 2.39. The van der Waals surface area contributed by atoms with Crippen LogP contribution in [0.1, 0.15) is 303 Å². The van der Waals surface area contributed by atoms with Gasteiger partial charge in [0.2, 0.25) is 11.8 Å². The van der Waals surface area contributed by atoms with Gasteiger partial charge in [-0.1, -0.05) is 271 Å². The fourth-order valence-electron chi connectivity index (χ4n) is 13.5. The van der Waals surface area contributed by atoms with Gasteiger partial charge in [-0.25, -0.2) is 4.79 Å². The summed E-state index contributed by atoms with van der Waals surface area (Å²) in [4.78, 5) is 38.6. The molecular formula is C72H136N2O21. The summed E-state index contributed by atoms with van der Waals surface area (Å²) in [7, 11) is 0. The standard InChI is InChI=1S/C72H136N2O21/c1-4-6-8-10-12-14-16-17-18-19-20-21-22-23-24-25-26-27-28-29-30-31-32-33-34-36-38-40-42-44-46-59(82)74-53(54(79)45-43-41-39-37-35-15-13-11-9-7-5-2)51-90-69-64(86)63(85)66(58(50-77)92-69)93-70-65(87)68(62(84)57(49-76)91-70)95-72(71(88)89)47-55(80)60(73-52(3)78)67(94-72)61(83)56(81)48-75/h53-58,60-70,75-77,79-81,83-87H,4-51H2,1-3H3,(H,73,78)(H,74,82)(H,88,89). The van der Waals surface area contributed by atoms with Crippen LogP contribution in [0.5, 0.6) is 0 Å². The Balaban J connectivity index is 1.46. The van der Waals surface area contributed by atoms with Crippen molar-refractivity contribution in [1.29, 1.82) is 0 Å². The maximum absolute atomic E-state index is 13.5. The number of unbranched alkanes of at least 4 members (excludes halogenated alkanes) is 39. The molecule has 3 rings (SSSR count). The molecule has 0 saturated carbocycles. The lowest BCUT2D eigenvalue weighted by molar-refractivity contribution is -0.386. The molecule has 3 heterocycles. The Morgan fingerprint density at radius 2 is 0.916 bits per heavy atom. The van der Waals surface area contributed by atoms with Crippen molar-refractivity contribution in [2.75, 3.05) is 26.4 Å². The van der Waals surface area contributed by atoms with Gasteiger partial charge in [0.05, 0.1) is 50.7 Å². The third-order valence-electron chi connectivity index (χ3n) is 19.6. The smallest absolute Gasteiger partial charge is 0.364 e. The minimum Gasteiger partial charge on any atom is -0.477 e. The number of hydrogen-bond donors (Lipinski definition) is 14. The van der Waals surface area contributed by atoms with E-state index in [4.69, 9.17) is 28.4 Å². The zero-order valence-electron chi connectivity index (χ0n) is 58.8. The first-order valence-corrected chi connectivity index (χ1v) is 37.9. The van der Waals surface area contributed by atoms with Gasteiger partial charge in [-0.05, 0) is 12.8 Å². The number of nitrogens with one attached hydrogen (secondary N) is 2. The number of aliphatic hydroxyl groups excluding tert-OH is 11. The van der Waals surface area contributed by atoms with Crippen molar-refractivity contribution in [3.05, 3.63) is 0 Å². The van der Waals surface area contributed by atoms with E-state index in [2.05, 4.69) is 24.5 Å². The summed E-state index contributed by atoms with van der Waals surface area (Å²) < 4.78 is 34.9. The van der Waals surface area contributed by atoms with E-state index in [0.717, 1.165) is 51.9 Å². The lowest BCUT2D eigenvalue weighted by Crippen LogP contribution is -2.70. The Bertz CT molecular complexity index is 1910. The van der Waals surface area contributed by atoms with Crippen LogP contribution in [0.25, 0.3) is 0 Å². The van der Waals surface area contributed by atoms with Gasteiger partial charge in [0.15, 0.2) is 12.6 Å². The lowest BCUT2D eigenvalue weighted by Gasteiger charge is -2.50. The second-order valence-electron chi connectivity index (χ2n) is 27.9. The number of carboxylic acid groups (broad SMARTS) is 1. The number of rotatable bonds is 59. The minimum absolute atomic E-state index is 0.229.